The molecule has 3 rings (SSSR count). The smallest absolute Gasteiger partial charge is 0.276 e. The summed E-state index contributed by atoms with van der Waals surface area (Å²) in [4.78, 5) is 22.1. The number of benzene rings is 1. The lowest BCUT2D eigenvalue weighted by atomic mass is 9.90. The molecule has 0 aliphatic carbocycles. The number of amides is 1. The lowest BCUT2D eigenvalue weighted by Gasteiger charge is -2.32. The zero-order valence-corrected chi connectivity index (χ0v) is 12.8. The highest BCUT2D eigenvalue weighted by Gasteiger charge is 2.25. The van der Waals surface area contributed by atoms with Crippen molar-refractivity contribution in [2.75, 3.05) is 18.8 Å². The van der Waals surface area contributed by atoms with Crippen LogP contribution >= 0.6 is 0 Å². The molecule has 5 nitrogen and oxygen atoms in total. The fourth-order valence-electron chi connectivity index (χ4n) is 3.00. The van der Waals surface area contributed by atoms with E-state index in [2.05, 4.69) is 9.97 Å². The Morgan fingerprint density at radius 1 is 1.26 bits per heavy atom. The van der Waals surface area contributed by atoms with Gasteiger partial charge >= 0.3 is 0 Å². The van der Waals surface area contributed by atoms with Crippen LogP contribution in [0.2, 0.25) is 0 Å². The molecule has 0 unspecified atom stereocenters. The average molecular weight is 314 g/mol. The number of halogens is 1. The molecule has 0 atom stereocenters. The van der Waals surface area contributed by atoms with Gasteiger partial charge in [-0.3, -0.25) is 4.79 Å². The number of aromatic nitrogens is 2. The van der Waals surface area contributed by atoms with Gasteiger partial charge in [0.05, 0.1) is 0 Å². The third-order valence-electron chi connectivity index (χ3n) is 4.24. The maximum Gasteiger partial charge on any atom is 0.276 e. The molecule has 2 N–H and O–H groups in total. The van der Waals surface area contributed by atoms with Crippen LogP contribution in [0.25, 0.3) is 0 Å². The number of anilines is 1. The van der Waals surface area contributed by atoms with Crippen molar-refractivity contribution < 1.29 is 9.18 Å². The van der Waals surface area contributed by atoms with Gasteiger partial charge in [0.15, 0.2) is 11.5 Å². The molecule has 0 saturated carbocycles. The second-order valence-electron chi connectivity index (χ2n) is 5.86. The Bertz CT molecular complexity index is 698. The highest BCUT2D eigenvalue weighted by molar-refractivity contribution is 5.96. The number of rotatable bonds is 3. The van der Waals surface area contributed by atoms with Crippen molar-refractivity contribution in [1.29, 1.82) is 0 Å². The van der Waals surface area contributed by atoms with E-state index in [0.29, 0.717) is 19.0 Å². The van der Waals surface area contributed by atoms with E-state index in [9.17, 15) is 9.18 Å². The molecule has 1 aliphatic heterocycles. The Morgan fingerprint density at radius 2 is 2.00 bits per heavy atom. The summed E-state index contributed by atoms with van der Waals surface area (Å²) < 4.78 is 13.2. The molecule has 0 bridgehead atoms. The largest absolute Gasteiger partial charge is 0.382 e. The first-order valence-electron chi connectivity index (χ1n) is 7.73. The fourth-order valence-corrected chi connectivity index (χ4v) is 3.00. The van der Waals surface area contributed by atoms with Crippen molar-refractivity contribution in [2.45, 2.75) is 19.3 Å². The number of carbonyl (C=O) groups excluding carboxylic acids is 1. The Kier molecular flexibility index (Phi) is 4.50. The quantitative estimate of drug-likeness (QED) is 0.943. The Labute approximate surface area is 134 Å². The summed E-state index contributed by atoms with van der Waals surface area (Å²) in [6.07, 6.45) is 5.57. The summed E-state index contributed by atoms with van der Waals surface area (Å²) in [5.74, 6) is 0.257. The van der Waals surface area contributed by atoms with Crippen molar-refractivity contribution in [2.24, 2.45) is 5.92 Å². The third-order valence-corrected chi connectivity index (χ3v) is 4.24. The highest BCUT2D eigenvalue weighted by atomic mass is 19.1. The van der Waals surface area contributed by atoms with Gasteiger partial charge in [0, 0.05) is 25.5 Å². The number of nitrogen functional groups attached to an aromatic ring is 1. The van der Waals surface area contributed by atoms with Gasteiger partial charge in [-0.1, -0.05) is 12.1 Å². The zero-order valence-electron chi connectivity index (χ0n) is 12.8. The lowest BCUT2D eigenvalue weighted by molar-refractivity contribution is 0.0685. The van der Waals surface area contributed by atoms with Crippen LogP contribution < -0.4 is 5.73 Å². The molecule has 1 aromatic carbocycles. The molecule has 0 spiro atoms. The van der Waals surface area contributed by atoms with E-state index >= 15 is 0 Å². The molecule has 1 amide bonds. The normalized spacial score (nSPS) is 15.6. The minimum atomic E-state index is -0.201. The zero-order chi connectivity index (χ0) is 16.2. The second kappa shape index (κ2) is 6.73. The van der Waals surface area contributed by atoms with E-state index in [1.807, 2.05) is 6.07 Å². The summed E-state index contributed by atoms with van der Waals surface area (Å²) in [6, 6.07) is 6.72. The molecule has 1 aromatic heterocycles. The molecule has 23 heavy (non-hydrogen) atoms. The Morgan fingerprint density at radius 3 is 2.70 bits per heavy atom. The first-order valence-corrected chi connectivity index (χ1v) is 7.73. The standard InChI is InChI=1S/C17H19FN4O/c18-14-3-1-2-13(11-14)10-12-4-8-22(9-5-12)17(23)15-16(19)21-7-6-20-15/h1-3,6-7,11-12H,4-5,8-10H2,(H2,19,21). The van der Waals surface area contributed by atoms with Crippen LogP contribution in [-0.4, -0.2) is 33.9 Å². The SMILES string of the molecule is Nc1nccnc1C(=O)N1CCC(Cc2cccc(F)c2)CC1. The minimum absolute atomic E-state index is 0.166. The lowest BCUT2D eigenvalue weighted by Crippen LogP contribution is -2.39. The maximum atomic E-state index is 13.2. The predicted octanol–water partition coefficient (Wildman–Crippen LogP) is 2.29. The summed E-state index contributed by atoms with van der Waals surface area (Å²) in [6.45, 7) is 1.32. The van der Waals surface area contributed by atoms with E-state index in [-0.39, 0.29) is 23.2 Å². The summed E-state index contributed by atoms with van der Waals surface area (Å²) in [7, 11) is 0. The van der Waals surface area contributed by atoms with Crippen LogP contribution in [0, 0.1) is 11.7 Å². The molecule has 2 heterocycles. The van der Waals surface area contributed by atoms with Crippen molar-refractivity contribution >= 4 is 11.7 Å². The van der Waals surface area contributed by atoms with E-state index in [1.165, 1.54) is 18.5 Å². The summed E-state index contributed by atoms with van der Waals surface area (Å²) in [5, 5.41) is 0. The average Bonchev–Trinajstić information content (AvgIpc) is 2.55. The summed E-state index contributed by atoms with van der Waals surface area (Å²) in [5.41, 5.74) is 6.94. The highest BCUT2D eigenvalue weighted by Crippen LogP contribution is 2.23. The van der Waals surface area contributed by atoms with Gasteiger partial charge in [-0.15, -0.1) is 0 Å². The molecule has 1 fully saturated rings. The van der Waals surface area contributed by atoms with Crippen molar-refractivity contribution in [3.05, 3.63) is 53.7 Å². The van der Waals surface area contributed by atoms with Gasteiger partial charge in [-0.25, -0.2) is 14.4 Å². The van der Waals surface area contributed by atoms with Gasteiger partial charge < -0.3 is 10.6 Å². The Balaban J connectivity index is 1.58. The van der Waals surface area contributed by atoms with E-state index in [4.69, 9.17) is 5.73 Å². The van der Waals surface area contributed by atoms with Crippen LogP contribution in [-0.2, 0) is 6.42 Å². The number of nitrogens with zero attached hydrogens (tertiary/aromatic N) is 3. The number of hydrogen-bond acceptors (Lipinski definition) is 4. The number of carbonyl (C=O) groups is 1. The molecule has 120 valence electrons. The maximum absolute atomic E-state index is 13.2. The van der Waals surface area contributed by atoms with Crippen LogP contribution in [0.5, 0.6) is 0 Å². The number of piperidine rings is 1. The van der Waals surface area contributed by atoms with E-state index in [1.54, 1.807) is 17.0 Å². The topological polar surface area (TPSA) is 72.1 Å². The molecule has 1 saturated heterocycles. The predicted molar refractivity (Wildman–Crippen MR) is 85.2 cm³/mol. The molecule has 1 aliphatic rings. The van der Waals surface area contributed by atoms with Crippen LogP contribution in [0.15, 0.2) is 36.7 Å². The number of nitrogens with two attached hydrogens (primary N) is 1. The van der Waals surface area contributed by atoms with Gasteiger partial charge in [0.1, 0.15) is 5.82 Å². The molecular formula is C17H19FN4O. The van der Waals surface area contributed by atoms with Gasteiger partial charge in [-0.05, 0) is 42.9 Å². The first kappa shape index (κ1) is 15.4. The molecular weight excluding hydrogens is 295 g/mol. The van der Waals surface area contributed by atoms with Crippen molar-refractivity contribution in [3.63, 3.8) is 0 Å². The van der Waals surface area contributed by atoms with Crippen LogP contribution in [0.4, 0.5) is 10.2 Å². The van der Waals surface area contributed by atoms with E-state index in [0.717, 1.165) is 24.8 Å². The van der Waals surface area contributed by atoms with Crippen LogP contribution in [0.3, 0.4) is 0 Å². The molecule has 0 radical (unpaired) electrons. The minimum Gasteiger partial charge on any atom is -0.382 e. The third kappa shape index (κ3) is 3.64. The molecule has 6 heteroatoms. The Hall–Kier alpha value is -2.50. The fraction of sp³-hybridized carbons (Fsp3) is 0.353. The van der Waals surface area contributed by atoms with Crippen molar-refractivity contribution in [3.8, 4) is 0 Å². The van der Waals surface area contributed by atoms with E-state index < -0.39 is 0 Å². The molecule has 2 aromatic rings. The number of likely N-dealkylation sites (tertiary alicyclic amines) is 1. The van der Waals surface area contributed by atoms with Gasteiger partial charge in [0.2, 0.25) is 0 Å². The van der Waals surface area contributed by atoms with Gasteiger partial charge in [-0.2, -0.15) is 0 Å². The number of hydrogen-bond donors (Lipinski definition) is 1. The first-order chi connectivity index (χ1) is 11.1. The van der Waals surface area contributed by atoms with Crippen molar-refractivity contribution in [1.82, 2.24) is 14.9 Å². The van der Waals surface area contributed by atoms with Gasteiger partial charge in [0.25, 0.3) is 5.91 Å². The van der Waals surface area contributed by atoms with Crippen LogP contribution in [0.1, 0.15) is 28.9 Å². The monoisotopic (exact) mass is 314 g/mol. The summed E-state index contributed by atoms with van der Waals surface area (Å²) >= 11 is 0. The second-order valence-corrected chi connectivity index (χ2v) is 5.86.